The quantitative estimate of drug-likeness (QED) is 0.536. The van der Waals surface area contributed by atoms with Gasteiger partial charge in [0.1, 0.15) is 17.8 Å². The van der Waals surface area contributed by atoms with Gasteiger partial charge in [0.05, 0.1) is 6.61 Å². The van der Waals surface area contributed by atoms with Crippen LogP contribution in [0.2, 0.25) is 0 Å². The maximum atomic E-state index is 5.62. The van der Waals surface area contributed by atoms with Crippen molar-refractivity contribution in [2.75, 3.05) is 6.61 Å². The lowest BCUT2D eigenvalue weighted by Gasteiger charge is -1.99. The lowest BCUT2D eigenvalue weighted by atomic mass is 10.0. The van der Waals surface area contributed by atoms with Crippen LogP contribution in [0.5, 0.6) is 0 Å². The standard InChI is InChI=1S/C12H12O2/c1-2-12(8-13-12)11-10(14-11)9-6-4-3-5-7-9/h2-7,10-11H,1,8H2. The van der Waals surface area contributed by atoms with E-state index < -0.39 is 0 Å². The van der Waals surface area contributed by atoms with E-state index in [-0.39, 0.29) is 17.8 Å². The summed E-state index contributed by atoms with van der Waals surface area (Å²) in [5.74, 6) is 0. The maximum absolute atomic E-state index is 5.62. The van der Waals surface area contributed by atoms with E-state index in [0.717, 1.165) is 6.61 Å². The molecule has 3 unspecified atom stereocenters. The van der Waals surface area contributed by atoms with Crippen LogP contribution in [0.25, 0.3) is 0 Å². The molecule has 0 aliphatic carbocycles. The van der Waals surface area contributed by atoms with Gasteiger partial charge in [-0.05, 0) is 5.56 Å². The van der Waals surface area contributed by atoms with Crippen molar-refractivity contribution in [2.45, 2.75) is 17.8 Å². The molecule has 2 heterocycles. The van der Waals surface area contributed by atoms with Crippen LogP contribution in [-0.2, 0) is 9.47 Å². The van der Waals surface area contributed by atoms with E-state index >= 15 is 0 Å². The first-order chi connectivity index (χ1) is 6.86. The zero-order valence-corrected chi connectivity index (χ0v) is 7.85. The van der Waals surface area contributed by atoms with Crippen LogP contribution in [-0.4, -0.2) is 18.3 Å². The number of hydrogen-bond donors (Lipinski definition) is 0. The van der Waals surface area contributed by atoms with Crippen LogP contribution in [0, 0.1) is 0 Å². The molecule has 0 amide bonds. The zero-order chi connectivity index (χ0) is 9.60. The third-order valence-electron chi connectivity index (χ3n) is 2.92. The maximum Gasteiger partial charge on any atom is 0.138 e. The molecule has 2 fully saturated rings. The van der Waals surface area contributed by atoms with Gasteiger partial charge in [-0.1, -0.05) is 36.4 Å². The van der Waals surface area contributed by atoms with Crippen molar-refractivity contribution in [1.82, 2.24) is 0 Å². The minimum Gasteiger partial charge on any atom is -0.362 e. The van der Waals surface area contributed by atoms with E-state index in [1.54, 1.807) is 0 Å². The summed E-state index contributed by atoms with van der Waals surface area (Å²) < 4.78 is 11.0. The Balaban J connectivity index is 1.78. The van der Waals surface area contributed by atoms with Crippen molar-refractivity contribution < 1.29 is 9.47 Å². The highest BCUT2D eigenvalue weighted by molar-refractivity contribution is 5.28. The third kappa shape index (κ3) is 1.11. The summed E-state index contributed by atoms with van der Waals surface area (Å²) in [6.07, 6.45) is 2.25. The molecule has 2 aliphatic heterocycles. The first-order valence-corrected chi connectivity index (χ1v) is 4.84. The summed E-state index contributed by atoms with van der Waals surface area (Å²) in [5.41, 5.74) is 1.05. The zero-order valence-electron chi connectivity index (χ0n) is 7.85. The fourth-order valence-corrected chi connectivity index (χ4v) is 1.86. The molecule has 0 N–H and O–H groups in total. The van der Waals surface area contributed by atoms with Crippen molar-refractivity contribution in [3.63, 3.8) is 0 Å². The first-order valence-electron chi connectivity index (χ1n) is 4.84. The fourth-order valence-electron chi connectivity index (χ4n) is 1.86. The summed E-state index contributed by atoms with van der Waals surface area (Å²) in [5, 5.41) is 0. The van der Waals surface area contributed by atoms with Crippen molar-refractivity contribution in [3.05, 3.63) is 48.6 Å². The molecule has 1 aromatic rings. The molecule has 2 nitrogen and oxygen atoms in total. The van der Waals surface area contributed by atoms with Gasteiger partial charge in [0.2, 0.25) is 0 Å². The molecule has 3 rings (SSSR count). The van der Waals surface area contributed by atoms with Gasteiger partial charge >= 0.3 is 0 Å². The van der Waals surface area contributed by atoms with Crippen LogP contribution >= 0.6 is 0 Å². The minimum atomic E-state index is -0.180. The Bertz CT molecular complexity index is 354. The molecule has 0 saturated carbocycles. The summed E-state index contributed by atoms with van der Waals surface area (Å²) in [4.78, 5) is 0. The number of hydrogen-bond acceptors (Lipinski definition) is 2. The summed E-state index contributed by atoms with van der Waals surface area (Å²) in [6.45, 7) is 4.53. The van der Waals surface area contributed by atoms with E-state index in [9.17, 15) is 0 Å². The Morgan fingerprint density at radius 3 is 2.64 bits per heavy atom. The van der Waals surface area contributed by atoms with Crippen molar-refractivity contribution in [2.24, 2.45) is 0 Å². The smallest absolute Gasteiger partial charge is 0.138 e. The number of benzene rings is 1. The molecule has 72 valence electrons. The van der Waals surface area contributed by atoms with E-state index in [0.29, 0.717) is 0 Å². The third-order valence-corrected chi connectivity index (χ3v) is 2.92. The van der Waals surface area contributed by atoms with Gasteiger partial charge in [-0.3, -0.25) is 0 Å². The van der Waals surface area contributed by atoms with Gasteiger partial charge < -0.3 is 9.47 Å². The van der Waals surface area contributed by atoms with Gasteiger partial charge in [0.15, 0.2) is 0 Å². The monoisotopic (exact) mass is 188 g/mol. The second-order valence-electron chi connectivity index (χ2n) is 3.84. The molecule has 14 heavy (non-hydrogen) atoms. The molecule has 0 bridgehead atoms. The Morgan fingerprint density at radius 1 is 1.36 bits per heavy atom. The summed E-state index contributed by atoms with van der Waals surface area (Å²) in [7, 11) is 0. The molecule has 0 radical (unpaired) electrons. The van der Waals surface area contributed by atoms with E-state index in [4.69, 9.17) is 9.47 Å². The minimum absolute atomic E-state index is 0.180. The predicted molar refractivity (Wildman–Crippen MR) is 52.9 cm³/mol. The van der Waals surface area contributed by atoms with Crippen LogP contribution < -0.4 is 0 Å². The average Bonchev–Trinajstić information content (AvgIpc) is 3.12. The van der Waals surface area contributed by atoms with Crippen molar-refractivity contribution in [3.8, 4) is 0 Å². The molecule has 0 spiro atoms. The van der Waals surface area contributed by atoms with Gasteiger partial charge in [0, 0.05) is 0 Å². The van der Waals surface area contributed by atoms with Crippen molar-refractivity contribution >= 4 is 0 Å². The van der Waals surface area contributed by atoms with Crippen LogP contribution in [0.3, 0.4) is 0 Å². The highest BCUT2D eigenvalue weighted by atomic mass is 16.7. The normalized spacial score (nSPS) is 39.1. The Morgan fingerprint density at radius 2 is 2.07 bits per heavy atom. The summed E-state index contributed by atoms with van der Waals surface area (Å²) in [6, 6.07) is 10.2. The fraction of sp³-hybridized carbons (Fsp3) is 0.333. The predicted octanol–water partition coefficient (Wildman–Crippen LogP) is 2.08. The lowest BCUT2D eigenvalue weighted by molar-refractivity contribution is 0.272. The van der Waals surface area contributed by atoms with Gasteiger partial charge in [0.25, 0.3) is 0 Å². The van der Waals surface area contributed by atoms with E-state index in [1.165, 1.54) is 5.56 Å². The second-order valence-corrected chi connectivity index (χ2v) is 3.84. The molecule has 2 aliphatic rings. The van der Waals surface area contributed by atoms with Gasteiger partial charge in [-0.15, -0.1) is 6.58 Å². The highest BCUT2D eigenvalue weighted by Gasteiger charge is 2.62. The lowest BCUT2D eigenvalue weighted by Crippen LogP contribution is -2.15. The molecule has 2 heteroatoms. The molecule has 0 aromatic heterocycles. The van der Waals surface area contributed by atoms with Gasteiger partial charge in [-0.2, -0.15) is 0 Å². The first kappa shape index (κ1) is 8.21. The molecular formula is C12H12O2. The average molecular weight is 188 g/mol. The van der Waals surface area contributed by atoms with Crippen LogP contribution in [0.15, 0.2) is 43.0 Å². The number of rotatable bonds is 3. The Kier molecular flexibility index (Phi) is 1.58. The number of epoxide rings is 2. The van der Waals surface area contributed by atoms with Gasteiger partial charge in [-0.25, -0.2) is 0 Å². The second kappa shape index (κ2) is 2.69. The van der Waals surface area contributed by atoms with Crippen LogP contribution in [0.1, 0.15) is 11.7 Å². The Hall–Kier alpha value is -1.12. The molecule has 2 saturated heterocycles. The largest absolute Gasteiger partial charge is 0.362 e. The molecule has 3 atom stereocenters. The molecule has 1 aromatic carbocycles. The SMILES string of the molecule is C=CC1(C2OC2c2ccccc2)CO1. The molecular weight excluding hydrogens is 176 g/mol. The van der Waals surface area contributed by atoms with Crippen molar-refractivity contribution in [1.29, 1.82) is 0 Å². The van der Waals surface area contributed by atoms with E-state index in [1.807, 2.05) is 24.3 Å². The Labute approximate surface area is 83.1 Å². The highest BCUT2D eigenvalue weighted by Crippen LogP contribution is 2.52. The summed E-state index contributed by atoms with van der Waals surface area (Å²) >= 11 is 0. The van der Waals surface area contributed by atoms with Crippen LogP contribution in [0.4, 0.5) is 0 Å². The van der Waals surface area contributed by atoms with E-state index in [2.05, 4.69) is 18.7 Å². The number of ether oxygens (including phenoxy) is 2. The topological polar surface area (TPSA) is 25.1 Å².